The molecule has 5 N–H and O–H groups in total. The first-order valence-electron chi connectivity index (χ1n) is 8.32. The Hall–Kier alpha value is -3.26. The van der Waals surface area contributed by atoms with Crippen LogP contribution in [0.1, 0.15) is 12.5 Å². The molecule has 1 unspecified atom stereocenters. The monoisotopic (exact) mass is 403 g/mol. The molecule has 1 aromatic heterocycles. The second-order valence-electron chi connectivity index (χ2n) is 5.91. The van der Waals surface area contributed by atoms with Gasteiger partial charge in [0.15, 0.2) is 0 Å². The molecule has 2 aliphatic heterocycles. The Kier molecular flexibility index (Phi) is 5.70. The van der Waals surface area contributed by atoms with E-state index in [1.54, 1.807) is 29.3 Å². The fraction of sp³-hybridized carbons (Fsp3) is 0.235. The highest BCUT2D eigenvalue weighted by molar-refractivity contribution is 6.32. The van der Waals surface area contributed by atoms with Gasteiger partial charge in [-0.3, -0.25) is 14.9 Å². The van der Waals surface area contributed by atoms with E-state index in [1.165, 1.54) is 4.68 Å². The van der Waals surface area contributed by atoms with Crippen LogP contribution in [0.25, 0.3) is 0 Å². The van der Waals surface area contributed by atoms with Crippen LogP contribution in [-0.2, 0) is 0 Å². The van der Waals surface area contributed by atoms with Crippen LogP contribution in [0.2, 0.25) is 5.02 Å². The van der Waals surface area contributed by atoms with Gasteiger partial charge in [-0.05, 0) is 25.1 Å². The maximum atomic E-state index is 10.7. The lowest BCUT2D eigenvalue weighted by atomic mass is 10.2. The fourth-order valence-electron chi connectivity index (χ4n) is 2.72. The molecule has 11 heteroatoms. The van der Waals surface area contributed by atoms with E-state index in [9.17, 15) is 15.0 Å². The van der Waals surface area contributed by atoms with Crippen molar-refractivity contribution in [3.63, 3.8) is 0 Å². The molecular formula is C17H18ClN7O3. The molecule has 28 heavy (non-hydrogen) atoms. The van der Waals surface area contributed by atoms with Crippen LogP contribution in [0.15, 0.2) is 45.8 Å². The number of halogens is 1. The Morgan fingerprint density at radius 1 is 1.43 bits per heavy atom. The number of benzene rings is 1. The molecule has 2 aliphatic rings. The number of aliphatic hydroxyl groups excluding tert-OH is 1. The number of hydrogen-bond donors (Lipinski definition) is 5. The zero-order valence-corrected chi connectivity index (χ0v) is 15.6. The molecule has 1 aromatic carbocycles. The van der Waals surface area contributed by atoms with Gasteiger partial charge in [0, 0.05) is 12.2 Å². The van der Waals surface area contributed by atoms with Gasteiger partial charge in [-0.25, -0.2) is 4.99 Å². The number of anilines is 1. The molecule has 10 nitrogen and oxygen atoms in total. The summed E-state index contributed by atoms with van der Waals surface area (Å²) in [6.07, 6.45) is 0.924. The van der Waals surface area contributed by atoms with E-state index in [2.05, 4.69) is 26.9 Å². The molecule has 0 spiro atoms. The minimum absolute atomic E-state index is 0.131. The molecule has 1 atom stereocenters. The van der Waals surface area contributed by atoms with Crippen molar-refractivity contribution in [1.29, 1.82) is 5.26 Å². The van der Waals surface area contributed by atoms with Gasteiger partial charge < -0.3 is 15.5 Å². The Balaban J connectivity index is 0.000000167. The highest BCUT2D eigenvalue weighted by atomic mass is 35.5. The number of allylic oxidation sites excluding steroid dienone is 1. The second kappa shape index (κ2) is 8.18. The largest absolute Gasteiger partial charge is 0.493 e. The predicted octanol–water partition coefficient (Wildman–Crippen LogP) is 0.448. The van der Waals surface area contributed by atoms with Crippen LogP contribution in [0, 0.1) is 11.3 Å². The second-order valence-corrected chi connectivity index (χ2v) is 6.32. The van der Waals surface area contributed by atoms with Gasteiger partial charge in [-0.2, -0.15) is 15.4 Å². The van der Waals surface area contributed by atoms with Crippen molar-refractivity contribution in [3.05, 3.63) is 57.0 Å². The quantitative estimate of drug-likeness (QED) is 0.465. The Bertz CT molecular complexity index is 1030. The SMILES string of the molecule is CC1=CC(O)NN1c1cccc(Cl)c1C#N.O=c1cc(O)n(C2=NCCN2)[nH]1. The molecule has 146 valence electrons. The van der Waals surface area contributed by atoms with Crippen molar-refractivity contribution in [2.75, 3.05) is 18.1 Å². The van der Waals surface area contributed by atoms with Crippen molar-refractivity contribution < 1.29 is 10.2 Å². The van der Waals surface area contributed by atoms with E-state index >= 15 is 0 Å². The van der Waals surface area contributed by atoms with Crippen molar-refractivity contribution >= 4 is 23.2 Å². The van der Waals surface area contributed by atoms with E-state index in [0.29, 0.717) is 28.8 Å². The molecule has 2 aromatic rings. The van der Waals surface area contributed by atoms with Crippen LogP contribution < -0.4 is 21.3 Å². The number of aliphatic imine (C=N–C) groups is 1. The lowest BCUT2D eigenvalue weighted by molar-refractivity contribution is 0.195. The number of hydrazine groups is 1. The zero-order chi connectivity index (χ0) is 20.3. The lowest BCUT2D eigenvalue weighted by Gasteiger charge is -2.22. The van der Waals surface area contributed by atoms with Crippen LogP contribution >= 0.6 is 11.6 Å². The van der Waals surface area contributed by atoms with Crippen molar-refractivity contribution in [1.82, 2.24) is 20.5 Å². The summed E-state index contributed by atoms with van der Waals surface area (Å²) in [7, 11) is 0. The Morgan fingerprint density at radius 2 is 2.21 bits per heavy atom. The molecule has 0 fully saturated rings. The maximum Gasteiger partial charge on any atom is 0.268 e. The summed E-state index contributed by atoms with van der Waals surface area (Å²) >= 11 is 5.93. The number of nitriles is 1. The van der Waals surface area contributed by atoms with E-state index in [1.807, 2.05) is 6.92 Å². The number of nitrogens with one attached hydrogen (secondary N) is 3. The first kappa shape index (κ1) is 19.5. The van der Waals surface area contributed by atoms with Gasteiger partial charge in [-0.1, -0.05) is 17.7 Å². The van der Waals surface area contributed by atoms with E-state index in [4.69, 9.17) is 16.9 Å². The standard InChI is InChI=1S/C11H10ClN3O.C6H8N4O2/c1-7-5-11(16)14-15(7)10-4-2-3-9(12)8(10)6-13;11-4-3-5(12)10(9-4)6-7-1-2-8-6/h2-5,11,14,16H,1H3;3,12H,1-2H2,(H,7,8)(H,9,11). The molecule has 4 rings (SSSR count). The number of aromatic amines is 1. The zero-order valence-electron chi connectivity index (χ0n) is 14.8. The van der Waals surface area contributed by atoms with E-state index in [0.717, 1.165) is 18.3 Å². The predicted molar refractivity (Wildman–Crippen MR) is 104 cm³/mol. The van der Waals surface area contributed by atoms with E-state index < -0.39 is 6.23 Å². The molecule has 0 amide bonds. The summed E-state index contributed by atoms with van der Waals surface area (Å²) in [5, 5.41) is 35.0. The Morgan fingerprint density at radius 3 is 2.75 bits per heavy atom. The van der Waals surface area contributed by atoms with Crippen molar-refractivity contribution in [2.24, 2.45) is 4.99 Å². The normalized spacial score (nSPS) is 17.9. The molecular weight excluding hydrogens is 386 g/mol. The van der Waals surface area contributed by atoms with Gasteiger partial charge in [0.1, 0.15) is 12.3 Å². The number of H-pyrrole nitrogens is 1. The molecule has 0 aliphatic carbocycles. The third kappa shape index (κ3) is 4.01. The van der Waals surface area contributed by atoms with Crippen LogP contribution in [-0.4, -0.2) is 45.3 Å². The number of aliphatic hydroxyl groups is 1. The number of rotatable bonds is 1. The van der Waals surface area contributed by atoms with Crippen molar-refractivity contribution in [2.45, 2.75) is 13.2 Å². The summed E-state index contributed by atoms with van der Waals surface area (Å²) in [5.74, 6) is 0.350. The number of hydrogen-bond acceptors (Lipinski definition) is 8. The topological polar surface area (TPSA) is 142 Å². The lowest BCUT2D eigenvalue weighted by Crippen LogP contribution is -2.37. The first-order chi connectivity index (χ1) is 13.4. The summed E-state index contributed by atoms with van der Waals surface area (Å²) in [4.78, 5) is 14.8. The molecule has 0 bridgehead atoms. The maximum absolute atomic E-state index is 10.7. The molecule has 0 radical (unpaired) electrons. The van der Waals surface area contributed by atoms with Crippen LogP contribution in [0.5, 0.6) is 5.88 Å². The number of nitrogens with zero attached hydrogens (tertiary/aromatic N) is 4. The third-order valence-electron chi connectivity index (χ3n) is 3.94. The van der Waals surface area contributed by atoms with Crippen LogP contribution in [0.3, 0.4) is 0 Å². The highest BCUT2D eigenvalue weighted by Gasteiger charge is 2.22. The van der Waals surface area contributed by atoms with Gasteiger partial charge in [0.2, 0.25) is 11.8 Å². The first-order valence-corrected chi connectivity index (χ1v) is 8.69. The minimum atomic E-state index is -0.731. The van der Waals surface area contributed by atoms with Gasteiger partial charge in [0.05, 0.1) is 28.9 Å². The molecule has 0 saturated heterocycles. The number of aromatic nitrogens is 2. The minimum Gasteiger partial charge on any atom is -0.493 e. The van der Waals surface area contributed by atoms with Gasteiger partial charge >= 0.3 is 0 Å². The third-order valence-corrected chi connectivity index (χ3v) is 4.25. The average Bonchev–Trinajstić information content (AvgIpc) is 3.36. The molecule has 0 saturated carbocycles. The highest BCUT2D eigenvalue weighted by Crippen LogP contribution is 2.29. The van der Waals surface area contributed by atoms with Crippen molar-refractivity contribution in [3.8, 4) is 11.9 Å². The average molecular weight is 404 g/mol. The number of aromatic hydroxyl groups is 1. The van der Waals surface area contributed by atoms with E-state index in [-0.39, 0.29) is 11.4 Å². The smallest absolute Gasteiger partial charge is 0.268 e. The fourth-order valence-corrected chi connectivity index (χ4v) is 2.93. The van der Waals surface area contributed by atoms with Gasteiger partial charge in [0.25, 0.3) is 5.56 Å². The summed E-state index contributed by atoms with van der Waals surface area (Å²) in [6.45, 7) is 3.23. The summed E-state index contributed by atoms with van der Waals surface area (Å²) in [5.41, 5.74) is 4.32. The van der Waals surface area contributed by atoms with Crippen LogP contribution in [0.4, 0.5) is 5.69 Å². The summed E-state index contributed by atoms with van der Waals surface area (Å²) < 4.78 is 1.22. The van der Waals surface area contributed by atoms with Gasteiger partial charge in [-0.15, -0.1) is 0 Å². The Labute approximate surface area is 164 Å². The molecule has 3 heterocycles. The summed E-state index contributed by atoms with van der Waals surface area (Å²) in [6, 6.07) is 8.35.